The van der Waals surface area contributed by atoms with Crippen molar-refractivity contribution in [3.63, 3.8) is 0 Å². The highest BCUT2D eigenvalue weighted by molar-refractivity contribution is 7.80. The zero-order valence-electron chi connectivity index (χ0n) is 6.09. The van der Waals surface area contributed by atoms with Crippen molar-refractivity contribution < 1.29 is 9.47 Å². The molecule has 0 saturated carbocycles. The number of ether oxygens (including phenoxy) is 2. The lowest BCUT2D eigenvalue weighted by molar-refractivity contribution is -0.120. The third-order valence-corrected chi connectivity index (χ3v) is 1.45. The van der Waals surface area contributed by atoms with E-state index in [-0.39, 0.29) is 11.7 Å². The van der Waals surface area contributed by atoms with Crippen LogP contribution in [0.1, 0.15) is 20.3 Å². The molecule has 0 bridgehead atoms. The summed E-state index contributed by atoms with van der Waals surface area (Å²) >= 11 is 4.88. The molecule has 9 heavy (non-hydrogen) atoms. The molecule has 0 aromatic rings. The van der Waals surface area contributed by atoms with E-state index in [0.717, 1.165) is 6.42 Å². The summed E-state index contributed by atoms with van der Waals surface area (Å²) < 4.78 is 9.97. The molecule has 0 amide bonds. The predicted octanol–water partition coefficient (Wildman–Crippen LogP) is 1.93. The molecule has 0 aromatic heterocycles. The fraction of sp³-hybridized carbons (Fsp3) is 1.00. The second-order valence-electron chi connectivity index (χ2n) is 1.78. The van der Waals surface area contributed by atoms with Crippen molar-refractivity contribution in [1.82, 2.24) is 0 Å². The first kappa shape index (κ1) is 9.27. The lowest BCUT2D eigenvalue weighted by Gasteiger charge is -2.14. The van der Waals surface area contributed by atoms with Crippen LogP contribution in [0, 0.1) is 0 Å². The van der Waals surface area contributed by atoms with Crippen LogP contribution < -0.4 is 0 Å². The molecule has 0 aliphatic rings. The number of rotatable bonds is 4. The van der Waals surface area contributed by atoms with Gasteiger partial charge < -0.3 is 9.47 Å². The summed E-state index contributed by atoms with van der Waals surface area (Å²) in [6.45, 7) is 3.81. The number of methoxy groups -OCH3 is 1. The van der Waals surface area contributed by atoms with Crippen molar-refractivity contribution in [2.75, 3.05) is 7.11 Å². The Kier molecular flexibility index (Phi) is 5.24. The molecular weight excluding hydrogens is 136 g/mol. The van der Waals surface area contributed by atoms with Gasteiger partial charge in [-0.3, -0.25) is 0 Å². The summed E-state index contributed by atoms with van der Waals surface area (Å²) in [6, 6.07) is 0. The number of hydrogen-bond acceptors (Lipinski definition) is 2. The van der Waals surface area contributed by atoms with Gasteiger partial charge in [0.1, 0.15) is 5.44 Å². The highest BCUT2D eigenvalue weighted by Gasteiger charge is 2.04. The summed E-state index contributed by atoms with van der Waals surface area (Å²) in [5.74, 6) is 0. The summed E-state index contributed by atoms with van der Waals surface area (Å²) in [7, 11) is 1.60. The Balaban J connectivity index is 3.22. The quantitative estimate of drug-likeness (QED) is 0.569. The zero-order valence-corrected chi connectivity index (χ0v) is 6.90. The third kappa shape index (κ3) is 4.75. The largest absolute Gasteiger partial charge is 0.356 e. The van der Waals surface area contributed by atoms with Gasteiger partial charge in [-0.1, -0.05) is 19.6 Å². The summed E-state index contributed by atoms with van der Waals surface area (Å²) in [4.78, 5) is 0. The van der Waals surface area contributed by atoms with Gasteiger partial charge in [0.25, 0.3) is 0 Å². The van der Waals surface area contributed by atoms with Crippen molar-refractivity contribution in [3.8, 4) is 0 Å². The Morgan fingerprint density at radius 1 is 1.56 bits per heavy atom. The van der Waals surface area contributed by atoms with Gasteiger partial charge in [-0.15, -0.1) is 0 Å². The van der Waals surface area contributed by atoms with Crippen molar-refractivity contribution >= 4 is 12.6 Å². The maximum absolute atomic E-state index is 5.14. The van der Waals surface area contributed by atoms with Crippen molar-refractivity contribution in [3.05, 3.63) is 0 Å². The van der Waals surface area contributed by atoms with Gasteiger partial charge in [-0.25, -0.2) is 0 Å². The van der Waals surface area contributed by atoms with Gasteiger partial charge >= 0.3 is 0 Å². The average molecular weight is 149 g/mol. The predicted molar refractivity (Wildman–Crippen MR) is 39.2 cm³/mol. The Bertz CT molecular complexity index is 60.1. The topological polar surface area (TPSA) is 18.5 Å². The third-order valence-electron chi connectivity index (χ3n) is 1.01. The first-order chi connectivity index (χ1) is 4.20. The maximum Gasteiger partial charge on any atom is 0.155 e. The molecule has 2 unspecified atom stereocenters. The van der Waals surface area contributed by atoms with E-state index in [1.165, 1.54) is 0 Å². The fourth-order valence-electron chi connectivity index (χ4n) is 0.366. The van der Waals surface area contributed by atoms with E-state index in [1.54, 1.807) is 7.11 Å². The molecule has 0 heterocycles. The fourth-order valence-corrected chi connectivity index (χ4v) is 0.522. The first-order valence-corrected chi connectivity index (χ1v) is 3.52. The molecule has 0 spiro atoms. The minimum atomic E-state index is -0.174. The first-order valence-electron chi connectivity index (χ1n) is 3.04. The van der Waals surface area contributed by atoms with Crippen LogP contribution in [0.3, 0.4) is 0 Å². The van der Waals surface area contributed by atoms with Gasteiger partial charge in [-0.05, 0) is 13.3 Å². The Morgan fingerprint density at radius 3 is 2.44 bits per heavy atom. The molecule has 2 nitrogen and oxygen atoms in total. The van der Waals surface area contributed by atoms with Gasteiger partial charge in [0.2, 0.25) is 0 Å². The molecule has 0 rings (SSSR count). The number of hydrogen-bond donors (Lipinski definition) is 0. The van der Waals surface area contributed by atoms with Crippen molar-refractivity contribution in [2.24, 2.45) is 0 Å². The van der Waals surface area contributed by atoms with Crippen molar-refractivity contribution in [1.29, 1.82) is 0 Å². The average Bonchev–Trinajstić information content (AvgIpc) is 1.87. The van der Waals surface area contributed by atoms with E-state index < -0.39 is 0 Å². The van der Waals surface area contributed by atoms with Crippen LogP contribution in [-0.2, 0) is 9.47 Å². The van der Waals surface area contributed by atoms with E-state index in [1.807, 2.05) is 13.8 Å². The van der Waals surface area contributed by atoms with Gasteiger partial charge in [-0.2, -0.15) is 0 Å². The SMILES string of the molecule is CCC([S])OC(C)OC. The van der Waals surface area contributed by atoms with Crippen LogP contribution in [0.2, 0.25) is 0 Å². The van der Waals surface area contributed by atoms with E-state index in [2.05, 4.69) is 0 Å². The second kappa shape index (κ2) is 5.09. The molecule has 55 valence electrons. The van der Waals surface area contributed by atoms with Gasteiger partial charge in [0.05, 0.1) is 0 Å². The molecule has 0 N–H and O–H groups in total. The molecule has 1 radical (unpaired) electrons. The van der Waals surface area contributed by atoms with Crippen LogP contribution in [0.4, 0.5) is 0 Å². The zero-order chi connectivity index (χ0) is 7.28. The standard InChI is InChI=1S/C6H13O2S/c1-4-6(9)8-5(2)7-3/h5-6H,4H2,1-3H3. The summed E-state index contributed by atoms with van der Waals surface area (Å²) in [5.41, 5.74) is -0.111. The lowest BCUT2D eigenvalue weighted by Crippen LogP contribution is -2.15. The van der Waals surface area contributed by atoms with Gasteiger partial charge in [0, 0.05) is 7.11 Å². The maximum atomic E-state index is 5.14. The van der Waals surface area contributed by atoms with Crippen LogP contribution in [0.25, 0.3) is 0 Å². The van der Waals surface area contributed by atoms with Crippen LogP contribution in [0.5, 0.6) is 0 Å². The molecule has 0 fully saturated rings. The molecule has 0 saturated heterocycles. The van der Waals surface area contributed by atoms with Crippen LogP contribution >= 0.6 is 12.6 Å². The van der Waals surface area contributed by atoms with E-state index >= 15 is 0 Å². The minimum Gasteiger partial charge on any atom is -0.356 e. The highest BCUT2D eigenvalue weighted by Crippen LogP contribution is 2.05. The highest BCUT2D eigenvalue weighted by atomic mass is 32.1. The Hall–Kier alpha value is 0.270. The summed E-state index contributed by atoms with van der Waals surface area (Å²) in [6.07, 6.45) is 0.677. The Labute approximate surface area is 61.9 Å². The molecule has 0 aliphatic heterocycles. The van der Waals surface area contributed by atoms with Crippen LogP contribution in [0.15, 0.2) is 0 Å². The smallest absolute Gasteiger partial charge is 0.155 e. The normalized spacial score (nSPS) is 17.3. The van der Waals surface area contributed by atoms with E-state index in [4.69, 9.17) is 22.1 Å². The molecule has 2 atom stereocenters. The minimum absolute atomic E-state index is 0.111. The monoisotopic (exact) mass is 149 g/mol. The second-order valence-corrected chi connectivity index (χ2v) is 2.30. The van der Waals surface area contributed by atoms with Gasteiger partial charge in [0.15, 0.2) is 6.29 Å². The molecular formula is C6H13O2S. The van der Waals surface area contributed by atoms with Crippen LogP contribution in [-0.4, -0.2) is 18.8 Å². The molecule has 3 heteroatoms. The Morgan fingerprint density at radius 2 is 2.11 bits per heavy atom. The van der Waals surface area contributed by atoms with Crippen molar-refractivity contribution in [2.45, 2.75) is 32.0 Å². The van der Waals surface area contributed by atoms with E-state index in [0.29, 0.717) is 0 Å². The summed E-state index contributed by atoms with van der Waals surface area (Å²) in [5, 5.41) is 0. The molecule has 0 aromatic carbocycles. The van der Waals surface area contributed by atoms with E-state index in [9.17, 15) is 0 Å². The lowest BCUT2D eigenvalue weighted by atomic mass is 10.5. The molecule has 0 aliphatic carbocycles.